The Bertz CT molecular complexity index is 1800. The molecule has 0 aliphatic heterocycles. The molecule has 0 spiro atoms. The van der Waals surface area contributed by atoms with E-state index in [0.29, 0.717) is 46.9 Å². The summed E-state index contributed by atoms with van der Waals surface area (Å²) in [5, 5.41) is 16.0. The Morgan fingerprint density at radius 1 is 0.400 bits per heavy atom. The first-order valence-electron chi connectivity index (χ1n) is 12.2. The van der Waals surface area contributed by atoms with E-state index in [9.17, 15) is 0 Å². The summed E-state index contributed by atoms with van der Waals surface area (Å²) in [5.74, 6) is 3.69. The lowest BCUT2D eigenvalue weighted by molar-refractivity contribution is 0.425. The number of nitrogens with zero attached hydrogens (tertiary/aromatic N) is 8. The van der Waals surface area contributed by atoms with Gasteiger partial charge in [-0.3, -0.25) is 0 Å². The second-order valence-electron chi connectivity index (χ2n) is 8.88. The highest BCUT2D eigenvalue weighted by atomic mass is 16.5. The van der Waals surface area contributed by atoms with Crippen LogP contribution in [0.1, 0.15) is 11.6 Å². The van der Waals surface area contributed by atoms with Crippen LogP contribution in [0.2, 0.25) is 0 Å². The maximum absolute atomic E-state index is 5.53. The number of benzene rings is 3. The van der Waals surface area contributed by atoms with Gasteiger partial charge < -0.3 is 18.1 Å². The fourth-order valence-electron chi connectivity index (χ4n) is 4.05. The Morgan fingerprint density at radius 2 is 0.750 bits per heavy atom. The summed E-state index contributed by atoms with van der Waals surface area (Å²) in [6, 6.07) is 22.4. The molecular formula is C28H18N8O4. The monoisotopic (exact) mass is 530 g/mol. The quantitative estimate of drug-likeness (QED) is 0.253. The topological polar surface area (TPSA) is 156 Å². The molecule has 0 amide bonds. The molecule has 0 unspecified atom stereocenters. The zero-order valence-electron chi connectivity index (χ0n) is 21.1. The summed E-state index contributed by atoms with van der Waals surface area (Å²) >= 11 is 0. The van der Waals surface area contributed by atoms with Crippen LogP contribution in [-0.4, -0.2) is 40.6 Å². The van der Waals surface area contributed by atoms with Gasteiger partial charge in [-0.15, -0.1) is 0 Å². The van der Waals surface area contributed by atoms with Gasteiger partial charge in [0.1, 0.15) is 0 Å². The summed E-state index contributed by atoms with van der Waals surface area (Å²) in [6.07, 6.45) is 0. The zero-order chi connectivity index (χ0) is 27.1. The van der Waals surface area contributed by atoms with Gasteiger partial charge in [-0.05, 0) is 68.4 Å². The van der Waals surface area contributed by atoms with Crippen molar-refractivity contribution >= 4 is 0 Å². The van der Waals surface area contributed by atoms with Crippen molar-refractivity contribution < 1.29 is 18.1 Å². The minimum atomic E-state index is 0.384. The number of hydrogen-bond donors (Lipinski definition) is 0. The van der Waals surface area contributed by atoms with Crippen LogP contribution in [0, 0.1) is 13.8 Å². The smallest absolute Gasteiger partial charge is 0.258 e. The zero-order valence-corrected chi connectivity index (χ0v) is 21.1. The molecule has 0 saturated carbocycles. The van der Waals surface area contributed by atoms with Crippen LogP contribution in [-0.2, 0) is 0 Å². The molecule has 3 aromatic carbocycles. The third kappa shape index (κ3) is 4.43. The van der Waals surface area contributed by atoms with Crippen LogP contribution in [0.25, 0.3) is 68.6 Å². The highest BCUT2D eigenvalue weighted by molar-refractivity contribution is 5.69. The number of aryl methyl sites for hydroxylation is 2. The SMILES string of the molecule is Cc1noc(-c2ccc(-c3nc(-c4cccc(-c5noc(-c6ccc(-c7nc(C)no7)cc6)n5)c4)no3)cc2)n1. The third-order valence-corrected chi connectivity index (χ3v) is 6.04. The molecular weight excluding hydrogens is 512 g/mol. The van der Waals surface area contributed by atoms with E-state index in [1.807, 2.05) is 72.8 Å². The molecule has 0 radical (unpaired) electrons. The van der Waals surface area contributed by atoms with Crippen molar-refractivity contribution in [2.75, 3.05) is 0 Å². The van der Waals surface area contributed by atoms with Crippen LogP contribution in [0.15, 0.2) is 90.9 Å². The first-order valence-corrected chi connectivity index (χ1v) is 12.2. The van der Waals surface area contributed by atoms with Gasteiger partial charge in [-0.2, -0.15) is 19.9 Å². The molecule has 4 aromatic heterocycles. The summed E-state index contributed by atoms with van der Waals surface area (Å²) in [5.41, 5.74) is 4.62. The summed E-state index contributed by atoms with van der Waals surface area (Å²) in [6.45, 7) is 3.54. The van der Waals surface area contributed by atoms with Crippen LogP contribution >= 0.6 is 0 Å². The summed E-state index contributed by atoms with van der Waals surface area (Å²) < 4.78 is 21.5. The molecule has 194 valence electrons. The molecule has 12 heteroatoms. The molecule has 0 bridgehead atoms. The average Bonchev–Trinajstić information content (AvgIpc) is 3.81. The fraction of sp³-hybridized carbons (Fsp3) is 0.0714. The van der Waals surface area contributed by atoms with Crippen LogP contribution in [0.4, 0.5) is 0 Å². The second kappa shape index (κ2) is 9.51. The van der Waals surface area contributed by atoms with Gasteiger partial charge in [0.05, 0.1) is 0 Å². The van der Waals surface area contributed by atoms with E-state index in [0.717, 1.165) is 33.4 Å². The molecule has 0 atom stereocenters. The Labute approximate surface area is 225 Å². The van der Waals surface area contributed by atoms with Crippen molar-refractivity contribution in [1.29, 1.82) is 0 Å². The van der Waals surface area contributed by atoms with Crippen molar-refractivity contribution in [3.8, 4) is 68.6 Å². The van der Waals surface area contributed by atoms with E-state index in [1.54, 1.807) is 13.8 Å². The summed E-state index contributed by atoms with van der Waals surface area (Å²) in [4.78, 5) is 17.6. The standard InChI is InChI=1S/C28H18N8O4/c1-15-29-25(37-33-15)17-6-10-19(11-7-17)27-31-23(35-39-27)21-4-3-5-22(14-21)24-32-28(40-36-24)20-12-8-18(9-13-20)26-30-16(2)34-38-26/h3-14H,1-2H3. The molecule has 12 nitrogen and oxygen atoms in total. The Morgan fingerprint density at radius 3 is 1.10 bits per heavy atom. The first kappa shape index (κ1) is 23.3. The van der Waals surface area contributed by atoms with Gasteiger partial charge in [0, 0.05) is 33.4 Å². The molecule has 0 aliphatic carbocycles. The Hall–Kier alpha value is -5.78. The maximum atomic E-state index is 5.53. The van der Waals surface area contributed by atoms with Gasteiger partial charge in [-0.25, -0.2) is 0 Å². The number of rotatable bonds is 6. The van der Waals surface area contributed by atoms with E-state index >= 15 is 0 Å². The van der Waals surface area contributed by atoms with Crippen molar-refractivity contribution in [2.24, 2.45) is 0 Å². The van der Waals surface area contributed by atoms with E-state index in [-0.39, 0.29) is 0 Å². The minimum absolute atomic E-state index is 0.384. The number of aromatic nitrogens is 8. The Balaban J connectivity index is 1.10. The molecule has 0 N–H and O–H groups in total. The summed E-state index contributed by atoms with van der Waals surface area (Å²) in [7, 11) is 0. The lowest BCUT2D eigenvalue weighted by Crippen LogP contribution is -1.86. The molecule has 4 heterocycles. The van der Waals surface area contributed by atoms with Crippen LogP contribution < -0.4 is 0 Å². The molecule has 7 aromatic rings. The number of hydrogen-bond acceptors (Lipinski definition) is 12. The fourth-order valence-corrected chi connectivity index (χ4v) is 4.05. The van der Waals surface area contributed by atoms with Crippen LogP contribution in [0.5, 0.6) is 0 Å². The normalized spacial score (nSPS) is 11.2. The van der Waals surface area contributed by atoms with E-state index < -0.39 is 0 Å². The van der Waals surface area contributed by atoms with Gasteiger partial charge in [-0.1, -0.05) is 38.8 Å². The maximum Gasteiger partial charge on any atom is 0.258 e. The van der Waals surface area contributed by atoms with E-state index in [4.69, 9.17) is 18.1 Å². The highest BCUT2D eigenvalue weighted by Crippen LogP contribution is 2.29. The van der Waals surface area contributed by atoms with Gasteiger partial charge in [0.15, 0.2) is 11.6 Å². The predicted octanol–water partition coefficient (Wildman–Crippen LogP) is 5.84. The molecule has 0 aliphatic rings. The van der Waals surface area contributed by atoms with Crippen molar-refractivity contribution in [2.45, 2.75) is 13.8 Å². The van der Waals surface area contributed by atoms with Gasteiger partial charge in [0.25, 0.3) is 23.6 Å². The predicted molar refractivity (Wildman–Crippen MR) is 140 cm³/mol. The average molecular weight is 531 g/mol. The van der Waals surface area contributed by atoms with Crippen molar-refractivity contribution in [3.05, 3.63) is 84.4 Å². The van der Waals surface area contributed by atoms with Crippen molar-refractivity contribution in [1.82, 2.24) is 40.6 Å². The van der Waals surface area contributed by atoms with Crippen LogP contribution in [0.3, 0.4) is 0 Å². The van der Waals surface area contributed by atoms with Gasteiger partial charge in [0.2, 0.25) is 11.6 Å². The molecule has 0 fully saturated rings. The minimum Gasteiger partial charge on any atom is -0.334 e. The third-order valence-electron chi connectivity index (χ3n) is 6.04. The van der Waals surface area contributed by atoms with E-state index in [2.05, 4.69) is 40.6 Å². The largest absolute Gasteiger partial charge is 0.334 e. The van der Waals surface area contributed by atoms with E-state index in [1.165, 1.54) is 0 Å². The Kier molecular flexibility index (Phi) is 5.55. The van der Waals surface area contributed by atoms with Gasteiger partial charge >= 0.3 is 0 Å². The lowest BCUT2D eigenvalue weighted by Gasteiger charge is -1.98. The molecule has 0 saturated heterocycles. The molecule has 40 heavy (non-hydrogen) atoms. The molecule has 7 rings (SSSR count). The lowest BCUT2D eigenvalue weighted by atomic mass is 10.1. The highest BCUT2D eigenvalue weighted by Gasteiger charge is 2.16. The second-order valence-corrected chi connectivity index (χ2v) is 8.88. The van der Waals surface area contributed by atoms with Crippen molar-refractivity contribution in [3.63, 3.8) is 0 Å². The first-order chi connectivity index (χ1) is 19.6.